The van der Waals surface area contributed by atoms with Gasteiger partial charge in [-0.1, -0.05) is 182 Å². The highest BCUT2D eigenvalue weighted by Gasteiger charge is 2.15. The Morgan fingerprint density at radius 1 is 0.345 bits per heavy atom. The molecular formula is C54H39N3O. The molecule has 10 rings (SSSR count). The third-order valence-electron chi connectivity index (χ3n) is 10.9. The summed E-state index contributed by atoms with van der Waals surface area (Å²) in [6, 6.07) is 70.3. The quantitative estimate of drug-likeness (QED) is 0.140. The number of furan rings is 1. The van der Waals surface area contributed by atoms with E-state index in [-0.39, 0.29) is 0 Å². The second kappa shape index (κ2) is 15.6. The van der Waals surface area contributed by atoms with Gasteiger partial charge in [0.25, 0.3) is 0 Å². The fraction of sp³-hybridized carbons (Fsp3) is 0.0556. The predicted molar refractivity (Wildman–Crippen MR) is 237 cm³/mol. The number of benzene rings is 8. The molecule has 58 heavy (non-hydrogen) atoms. The van der Waals surface area contributed by atoms with Crippen LogP contribution in [0.3, 0.4) is 0 Å². The first-order chi connectivity index (χ1) is 28.7. The lowest BCUT2D eigenvalue weighted by Crippen LogP contribution is -2.07. The van der Waals surface area contributed by atoms with E-state index >= 15 is 0 Å². The third kappa shape index (κ3) is 7.32. The Hall–Kier alpha value is -7.43. The van der Waals surface area contributed by atoms with Gasteiger partial charge in [0.1, 0.15) is 22.8 Å². The first kappa shape index (κ1) is 35.0. The molecule has 0 aliphatic carbocycles. The minimum Gasteiger partial charge on any atom is -0.456 e. The zero-order chi connectivity index (χ0) is 38.7. The maximum Gasteiger partial charge on any atom is 0.163 e. The molecule has 4 nitrogen and oxygen atoms in total. The van der Waals surface area contributed by atoms with E-state index in [0.29, 0.717) is 18.7 Å². The first-order valence-electron chi connectivity index (χ1n) is 19.8. The molecule has 0 fully saturated rings. The number of rotatable bonds is 10. The van der Waals surface area contributed by atoms with E-state index in [9.17, 15) is 0 Å². The molecule has 0 spiro atoms. The van der Waals surface area contributed by atoms with Crippen molar-refractivity contribution in [1.82, 2.24) is 15.0 Å². The van der Waals surface area contributed by atoms with Gasteiger partial charge < -0.3 is 4.42 Å². The van der Waals surface area contributed by atoms with Crippen molar-refractivity contribution in [3.63, 3.8) is 0 Å². The van der Waals surface area contributed by atoms with Crippen molar-refractivity contribution in [2.24, 2.45) is 0 Å². The minimum atomic E-state index is 0.608. The van der Waals surface area contributed by atoms with E-state index in [1.807, 2.05) is 12.1 Å². The molecule has 0 aliphatic heterocycles. The van der Waals surface area contributed by atoms with Gasteiger partial charge in [0.2, 0.25) is 0 Å². The SMILES string of the molecule is c1ccc(-c2ccc(Cc3nc(CCc4cccc5oc6ccc(-c7ccc(-c8ccccc8)cc7)cc6c45)nc(-c4ccc(-c5ccccc5)cc4)n3)cc2)cc1. The average molecular weight is 746 g/mol. The van der Waals surface area contributed by atoms with Gasteiger partial charge in [-0.05, 0) is 80.3 Å². The molecule has 0 saturated carbocycles. The highest BCUT2D eigenvalue weighted by Crippen LogP contribution is 2.36. The van der Waals surface area contributed by atoms with Gasteiger partial charge >= 0.3 is 0 Å². The van der Waals surface area contributed by atoms with Gasteiger partial charge in [-0.3, -0.25) is 0 Å². The molecular weight excluding hydrogens is 707 g/mol. The molecule has 0 unspecified atom stereocenters. The minimum absolute atomic E-state index is 0.608. The van der Waals surface area contributed by atoms with Crippen molar-refractivity contribution in [1.29, 1.82) is 0 Å². The number of aromatic nitrogens is 3. The lowest BCUT2D eigenvalue weighted by atomic mass is 9.97. The standard InChI is InChI=1S/C54H39N3O/c1-4-11-38(12-5-1)41-21-19-37(20-22-41)35-52-55-51(56-54(57-52)46-29-27-43(28-30-46)40-15-8-3-9-16-40)34-32-45-17-10-18-50-53(45)48-36-47(31-33-49(48)58-50)44-25-23-42(24-26-44)39-13-6-2-7-14-39/h1-31,33,36H,32,34-35H2. The molecule has 0 saturated heterocycles. The Morgan fingerprint density at radius 3 is 1.41 bits per heavy atom. The van der Waals surface area contributed by atoms with E-state index in [2.05, 4.69) is 188 Å². The largest absolute Gasteiger partial charge is 0.456 e. The summed E-state index contributed by atoms with van der Waals surface area (Å²) >= 11 is 0. The van der Waals surface area contributed by atoms with Gasteiger partial charge in [-0.2, -0.15) is 0 Å². The normalized spacial score (nSPS) is 11.3. The van der Waals surface area contributed by atoms with Crippen molar-refractivity contribution in [3.05, 3.63) is 223 Å². The Balaban J connectivity index is 0.963. The summed E-state index contributed by atoms with van der Waals surface area (Å²) in [5.74, 6) is 2.22. The van der Waals surface area contributed by atoms with Crippen LogP contribution in [0.4, 0.5) is 0 Å². The molecule has 0 atom stereocenters. The zero-order valence-electron chi connectivity index (χ0n) is 31.9. The maximum absolute atomic E-state index is 6.41. The van der Waals surface area contributed by atoms with Gasteiger partial charge in [0, 0.05) is 29.2 Å². The number of nitrogens with zero attached hydrogens (tertiary/aromatic N) is 3. The summed E-state index contributed by atoms with van der Waals surface area (Å²) in [5.41, 5.74) is 14.6. The molecule has 0 radical (unpaired) electrons. The molecule has 0 amide bonds. The predicted octanol–water partition coefficient (Wildman–Crippen LogP) is 13.5. The Morgan fingerprint density at radius 2 is 0.828 bits per heavy atom. The highest BCUT2D eigenvalue weighted by atomic mass is 16.3. The second-order valence-corrected chi connectivity index (χ2v) is 14.7. The van der Waals surface area contributed by atoms with Gasteiger partial charge in [-0.15, -0.1) is 0 Å². The van der Waals surface area contributed by atoms with Crippen LogP contribution in [-0.2, 0) is 19.3 Å². The number of hydrogen-bond donors (Lipinski definition) is 0. The van der Waals surface area contributed by atoms with Crippen LogP contribution in [0.1, 0.15) is 22.8 Å². The Kier molecular flexibility index (Phi) is 9.42. The van der Waals surface area contributed by atoms with Crippen molar-refractivity contribution >= 4 is 21.9 Å². The van der Waals surface area contributed by atoms with Crippen molar-refractivity contribution in [3.8, 4) is 55.9 Å². The summed E-state index contributed by atoms with van der Waals surface area (Å²) in [4.78, 5) is 15.2. The summed E-state index contributed by atoms with van der Waals surface area (Å²) < 4.78 is 6.41. The molecule has 0 N–H and O–H groups in total. The molecule has 2 aromatic heterocycles. The second-order valence-electron chi connectivity index (χ2n) is 14.7. The average Bonchev–Trinajstić information content (AvgIpc) is 3.68. The van der Waals surface area contributed by atoms with E-state index in [4.69, 9.17) is 19.4 Å². The van der Waals surface area contributed by atoms with Crippen LogP contribution in [-0.4, -0.2) is 15.0 Å². The monoisotopic (exact) mass is 745 g/mol. The molecule has 2 heterocycles. The van der Waals surface area contributed by atoms with Crippen molar-refractivity contribution in [2.75, 3.05) is 0 Å². The van der Waals surface area contributed by atoms with Crippen molar-refractivity contribution < 1.29 is 4.42 Å². The Bertz CT molecular complexity index is 2980. The first-order valence-corrected chi connectivity index (χ1v) is 19.8. The third-order valence-corrected chi connectivity index (χ3v) is 10.9. The van der Waals surface area contributed by atoms with Crippen LogP contribution in [0.25, 0.3) is 77.8 Å². The summed E-state index contributed by atoms with van der Waals surface area (Å²) in [5, 5.41) is 2.26. The summed E-state index contributed by atoms with van der Waals surface area (Å²) in [6.45, 7) is 0. The fourth-order valence-electron chi connectivity index (χ4n) is 7.88. The van der Waals surface area contributed by atoms with E-state index in [0.717, 1.165) is 62.3 Å². The summed E-state index contributed by atoms with van der Waals surface area (Å²) in [7, 11) is 0. The maximum atomic E-state index is 6.41. The van der Waals surface area contributed by atoms with Crippen molar-refractivity contribution in [2.45, 2.75) is 19.3 Å². The lowest BCUT2D eigenvalue weighted by Gasteiger charge is -2.10. The van der Waals surface area contributed by atoms with Crippen LogP contribution >= 0.6 is 0 Å². The van der Waals surface area contributed by atoms with Crippen LogP contribution in [0.15, 0.2) is 205 Å². The van der Waals surface area contributed by atoms with Crippen LogP contribution in [0.5, 0.6) is 0 Å². The molecule has 8 aromatic carbocycles. The van der Waals surface area contributed by atoms with Crippen LogP contribution < -0.4 is 0 Å². The molecule has 10 aromatic rings. The van der Waals surface area contributed by atoms with E-state index in [1.165, 1.54) is 38.9 Å². The number of fused-ring (bicyclic) bond motifs is 3. The lowest BCUT2D eigenvalue weighted by molar-refractivity contribution is 0.668. The van der Waals surface area contributed by atoms with Crippen LogP contribution in [0, 0.1) is 0 Å². The number of hydrogen-bond acceptors (Lipinski definition) is 4. The molecule has 0 bridgehead atoms. The highest BCUT2D eigenvalue weighted by molar-refractivity contribution is 6.08. The molecule has 4 heteroatoms. The molecule has 276 valence electrons. The Labute approximate surface area is 338 Å². The molecule has 0 aliphatic rings. The van der Waals surface area contributed by atoms with E-state index in [1.54, 1.807) is 0 Å². The smallest absolute Gasteiger partial charge is 0.163 e. The topological polar surface area (TPSA) is 51.8 Å². The van der Waals surface area contributed by atoms with Crippen LogP contribution in [0.2, 0.25) is 0 Å². The van der Waals surface area contributed by atoms with Gasteiger partial charge in [0.05, 0.1) is 0 Å². The summed E-state index contributed by atoms with van der Waals surface area (Å²) in [6.07, 6.45) is 2.02. The van der Waals surface area contributed by atoms with Gasteiger partial charge in [0.15, 0.2) is 5.82 Å². The van der Waals surface area contributed by atoms with E-state index < -0.39 is 0 Å². The fourth-order valence-corrected chi connectivity index (χ4v) is 7.88. The van der Waals surface area contributed by atoms with Gasteiger partial charge in [-0.25, -0.2) is 15.0 Å². The zero-order valence-corrected chi connectivity index (χ0v) is 31.9. The number of aryl methyl sites for hydroxylation is 2.